The molecule has 0 saturated heterocycles. The Morgan fingerprint density at radius 3 is 2.42 bits per heavy atom. The number of unbranched alkanes of at least 4 members (excludes halogenated alkanes) is 1. The number of carbonyl (C=O) groups is 1. The van der Waals surface area contributed by atoms with Gasteiger partial charge in [0.15, 0.2) is 0 Å². The van der Waals surface area contributed by atoms with E-state index < -0.39 is 0 Å². The van der Waals surface area contributed by atoms with E-state index in [1.807, 2.05) is 24.8 Å². The van der Waals surface area contributed by atoms with Gasteiger partial charge in [-0.05, 0) is 45.2 Å². The second-order valence-corrected chi connectivity index (χ2v) is 4.69. The van der Waals surface area contributed by atoms with Gasteiger partial charge >= 0.3 is 0 Å². The molecule has 1 aromatic rings. The van der Waals surface area contributed by atoms with Gasteiger partial charge in [0.05, 0.1) is 6.54 Å². The van der Waals surface area contributed by atoms with Crippen molar-refractivity contribution in [2.75, 3.05) is 26.2 Å². The summed E-state index contributed by atoms with van der Waals surface area (Å²) in [7, 11) is 0. The molecule has 3 nitrogen and oxygen atoms in total. The normalized spacial score (nSPS) is 10.4. The molecule has 0 saturated carbocycles. The van der Waals surface area contributed by atoms with Gasteiger partial charge in [-0.25, -0.2) is 0 Å². The van der Waals surface area contributed by atoms with Crippen LogP contribution in [0.5, 0.6) is 0 Å². The SMILES string of the molecule is CCN(CC)C(=O)CNCCCCc1ccccc1. The van der Waals surface area contributed by atoms with Crippen LogP contribution in [0.3, 0.4) is 0 Å². The monoisotopic (exact) mass is 262 g/mol. The molecule has 0 radical (unpaired) electrons. The van der Waals surface area contributed by atoms with Gasteiger partial charge in [-0.3, -0.25) is 4.79 Å². The van der Waals surface area contributed by atoms with Crippen LogP contribution in [-0.4, -0.2) is 37.0 Å². The number of nitrogens with zero attached hydrogens (tertiary/aromatic N) is 1. The Morgan fingerprint density at radius 2 is 1.79 bits per heavy atom. The first-order chi connectivity index (χ1) is 9.27. The summed E-state index contributed by atoms with van der Waals surface area (Å²) in [6.07, 6.45) is 3.39. The van der Waals surface area contributed by atoms with E-state index in [4.69, 9.17) is 0 Å². The quantitative estimate of drug-likeness (QED) is 0.693. The van der Waals surface area contributed by atoms with E-state index in [1.165, 1.54) is 5.56 Å². The first kappa shape index (κ1) is 15.7. The van der Waals surface area contributed by atoms with Crippen molar-refractivity contribution in [3.05, 3.63) is 35.9 Å². The summed E-state index contributed by atoms with van der Waals surface area (Å²) in [5, 5.41) is 3.23. The Kier molecular flexibility index (Phi) is 7.91. The highest BCUT2D eigenvalue weighted by Gasteiger charge is 2.07. The molecular weight excluding hydrogens is 236 g/mol. The number of likely N-dealkylation sites (N-methyl/N-ethyl adjacent to an activating group) is 1. The number of rotatable bonds is 9. The van der Waals surface area contributed by atoms with Gasteiger partial charge in [-0.2, -0.15) is 0 Å². The summed E-state index contributed by atoms with van der Waals surface area (Å²) in [6.45, 7) is 7.01. The van der Waals surface area contributed by atoms with Crippen molar-refractivity contribution in [2.24, 2.45) is 0 Å². The van der Waals surface area contributed by atoms with Crippen LogP contribution in [0.1, 0.15) is 32.3 Å². The molecule has 19 heavy (non-hydrogen) atoms. The molecule has 0 aliphatic rings. The highest BCUT2D eigenvalue weighted by atomic mass is 16.2. The second-order valence-electron chi connectivity index (χ2n) is 4.69. The summed E-state index contributed by atoms with van der Waals surface area (Å²) in [5.41, 5.74) is 1.39. The predicted molar refractivity (Wildman–Crippen MR) is 80.2 cm³/mol. The molecule has 0 heterocycles. The predicted octanol–water partition coefficient (Wildman–Crippen LogP) is 2.47. The molecule has 0 unspecified atom stereocenters. The number of amides is 1. The molecule has 106 valence electrons. The van der Waals surface area contributed by atoms with Crippen LogP contribution < -0.4 is 5.32 Å². The van der Waals surface area contributed by atoms with Crippen LogP contribution in [0.4, 0.5) is 0 Å². The third-order valence-electron chi connectivity index (χ3n) is 3.30. The lowest BCUT2D eigenvalue weighted by Gasteiger charge is -2.18. The van der Waals surface area contributed by atoms with Crippen molar-refractivity contribution in [1.29, 1.82) is 0 Å². The number of aryl methyl sites for hydroxylation is 1. The van der Waals surface area contributed by atoms with Crippen molar-refractivity contribution in [1.82, 2.24) is 10.2 Å². The van der Waals surface area contributed by atoms with Crippen molar-refractivity contribution in [3.63, 3.8) is 0 Å². The molecule has 1 N–H and O–H groups in total. The van der Waals surface area contributed by atoms with Gasteiger partial charge in [-0.1, -0.05) is 30.3 Å². The van der Waals surface area contributed by atoms with Gasteiger partial charge in [-0.15, -0.1) is 0 Å². The highest BCUT2D eigenvalue weighted by molar-refractivity contribution is 5.78. The maximum atomic E-state index is 11.7. The van der Waals surface area contributed by atoms with Gasteiger partial charge in [0, 0.05) is 13.1 Å². The lowest BCUT2D eigenvalue weighted by molar-refractivity contribution is -0.129. The number of benzene rings is 1. The number of carbonyl (C=O) groups excluding carboxylic acids is 1. The maximum absolute atomic E-state index is 11.7. The van der Waals surface area contributed by atoms with E-state index in [9.17, 15) is 4.79 Å². The van der Waals surface area contributed by atoms with E-state index in [0.717, 1.165) is 38.9 Å². The second kappa shape index (κ2) is 9.56. The van der Waals surface area contributed by atoms with Crippen LogP contribution in [0.25, 0.3) is 0 Å². The number of hydrogen-bond donors (Lipinski definition) is 1. The van der Waals surface area contributed by atoms with Crippen LogP contribution in [0, 0.1) is 0 Å². The molecule has 0 fully saturated rings. The number of nitrogens with one attached hydrogen (secondary N) is 1. The lowest BCUT2D eigenvalue weighted by Crippen LogP contribution is -2.38. The van der Waals surface area contributed by atoms with Crippen LogP contribution in [0.15, 0.2) is 30.3 Å². The fourth-order valence-corrected chi connectivity index (χ4v) is 2.11. The van der Waals surface area contributed by atoms with Crippen LogP contribution in [-0.2, 0) is 11.2 Å². The fraction of sp³-hybridized carbons (Fsp3) is 0.562. The Labute approximate surface area is 117 Å². The minimum Gasteiger partial charge on any atom is -0.342 e. The summed E-state index contributed by atoms with van der Waals surface area (Å²) < 4.78 is 0. The largest absolute Gasteiger partial charge is 0.342 e. The molecule has 3 heteroatoms. The molecule has 0 aliphatic heterocycles. The summed E-state index contributed by atoms with van der Waals surface area (Å²) >= 11 is 0. The van der Waals surface area contributed by atoms with E-state index in [0.29, 0.717) is 6.54 Å². The molecule has 0 spiro atoms. The van der Waals surface area contributed by atoms with Gasteiger partial charge in [0.1, 0.15) is 0 Å². The highest BCUT2D eigenvalue weighted by Crippen LogP contribution is 2.03. The first-order valence-electron chi connectivity index (χ1n) is 7.30. The third kappa shape index (κ3) is 6.39. The standard InChI is InChI=1S/C16H26N2O/c1-3-18(4-2)16(19)14-17-13-9-8-12-15-10-6-5-7-11-15/h5-7,10-11,17H,3-4,8-9,12-14H2,1-2H3. The van der Waals surface area contributed by atoms with Crippen molar-refractivity contribution < 1.29 is 4.79 Å². The third-order valence-corrected chi connectivity index (χ3v) is 3.30. The zero-order chi connectivity index (χ0) is 13.9. The molecule has 0 bridgehead atoms. The van der Waals surface area contributed by atoms with Gasteiger partial charge < -0.3 is 10.2 Å². The molecule has 0 aromatic heterocycles. The fourth-order valence-electron chi connectivity index (χ4n) is 2.11. The lowest BCUT2D eigenvalue weighted by atomic mass is 10.1. The summed E-state index contributed by atoms with van der Waals surface area (Å²) in [6, 6.07) is 10.5. The van der Waals surface area contributed by atoms with E-state index >= 15 is 0 Å². The number of hydrogen-bond acceptors (Lipinski definition) is 2. The van der Waals surface area contributed by atoms with Crippen molar-refractivity contribution in [3.8, 4) is 0 Å². The molecular formula is C16H26N2O. The molecule has 1 amide bonds. The molecule has 0 atom stereocenters. The first-order valence-corrected chi connectivity index (χ1v) is 7.30. The minimum absolute atomic E-state index is 0.202. The van der Waals surface area contributed by atoms with Gasteiger partial charge in [0.2, 0.25) is 5.91 Å². The maximum Gasteiger partial charge on any atom is 0.236 e. The average Bonchev–Trinajstić information content (AvgIpc) is 2.45. The van der Waals surface area contributed by atoms with E-state index in [1.54, 1.807) is 0 Å². The summed E-state index contributed by atoms with van der Waals surface area (Å²) in [4.78, 5) is 13.6. The van der Waals surface area contributed by atoms with Crippen LogP contribution >= 0.6 is 0 Å². The molecule has 1 aromatic carbocycles. The Hall–Kier alpha value is -1.35. The minimum atomic E-state index is 0.202. The van der Waals surface area contributed by atoms with E-state index in [2.05, 4.69) is 29.6 Å². The average molecular weight is 262 g/mol. The van der Waals surface area contributed by atoms with Gasteiger partial charge in [0.25, 0.3) is 0 Å². The van der Waals surface area contributed by atoms with Crippen molar-refractivity contribution in [2.45, 2.75) is 33.1 Å². The topological polar surface area (TPSA) is 32.3 Å². The smallest absolute Gasteiger partial charge is 0.236 e. The van der Waals surface area contributed by atoms with Crippen LogP contribution in [0.2, 0.25) is 0 Å². The Morgan fingerprint density at radius 1 is 1.11 bits per heavy atom. The zero-order valence-electron chi connectivity index (χ0n) is 12.2. The molecule has 0 aliphatic carbocycles. The van der Waals surface area contributed by atoms with E-state index in [-0.39, 0.29) is 5.91 Å². The Balaban J connectivity index is 2.04. The summed E-state index contributed by atoms with van der Waals surface area (Å²) in [5.74, 6) is 0.202. The molecule has 1 rings (SSSR count). The zero-order valence-corrected chi connectivity index (χ0v) is 12.2. The van der Waals surface area contributed by atoms with Crippen molar-refractivity contribution >= 4 is 5.91 Å². The Bertz CT molecular complexity index is 347.